The van der Waals surface area contributed by atoms with Gasteiger partial charge in [0, 0.05) is 12.1 Å². The predicted molar refractivity (Wildman–Crippen MR) is 109 cm³/mol. The molecule has 0 saturated heterocycles. The van der Waals surface area contributed by atoms with Crippen molar-refractivity contribution in [2.45, 2.75) is 31.3 Å². The fraction of sp³-hybridized carbons (Fsp3) is 0.250. The van der Waals surface area contributed by atoms with Gasteiger partial charge in [-0.15, -0.1) is 5.10 Å². The standard InChI is InChI=1S/C20H23N5O3S/c1-14(2)19(20(26)22-12-15-6-4-3-5-7-15)25-13-18(23-24-25)16-8-10-17(11-9-16)29(21,27)28/h3-11,13-14,19H,12H2,1-2H3,(H,22,26)(H2,21,27,28)/t19-/m1/s1. The zero-order valence-corrected chi connectivity index (χ0v) is 17.0. The van der Waals surface area contributed by atoms with E-state index in [-0.39, 0.29) is 16.7 Å². The van der Waals surface area contributed by atoms with Gasteiger partial charge in [-0.3, -0.25) is 4.79 Å². The Balaban J connectivity index is 1.77. The van der Waals surface area contributed by atoms with E-state index < -0.39 is 16.1 Å². The number of carbonyl (C=O) groups excluding carboxylic acids is 1. The first-order valence-electron chi connectivity index (χ1n) is 9.12. The Kier molecular flexibility index (Phi) is 6.09. The van der Waals surface area contributed by atoms with Crippen LogP contribution in [0.5, 0.6) is 0 Å². The third kappa shape index (κ3) is 5.07. The molecule has 8 nitrogen and oxygen atoms in total. The average Bonchev–Trinajstić information content (AvgIpc) is 3.16. The molecule has 0 fully saturated rings. The molecule has 0 spiro atoms. The maximum absolute atomic E-state index is 12.8. The molecule has 0 aliphatic rings. The van der Waals surface area contributed by atoms with E-state index >= 15 is 0 Å². The molecule has 1 aromatic heterocycles. The number of sulfonamides is 1. The summed E-state index contributed by atoms with van der Waals surface area (Å²) in [5.41, 5.74) is 2.22. The van der Waals surface area contributed by atoms with Gasteiger partial charge in [-0.2, -0.15) is 0 Å². The molecule has 0 unspecified atom stereocenters. The van der Waals surface area contributed by atoms with Crippen molar-refractivity contribution >= 4 is 15.9 Å². The molecule has 0 radical (unpaired) electrons. The molecule has 1 heterocycles. The lowest BCUT2D eigenvalue weighted by Gasteiger charge is -2.20. The largest absolute Gasteiger partial charge is 0.350 e. The van der Waals surface area contributed by atoms with E-state index in [0.717, 1.165) is 5.56 Å². The third-order valence-corrected chi connectivity index (χ3v) is 5.41. The minimum absolute atomic E-state index is 0.00918. The number of nitrogens with zero attached hydrogens (tertiary/aromatic N) is 3. The van der Waals surface area contributed by atoms with E-state index in [1.807, 2.05) is 44.2 Å². The number of rotatable bonds is 7. The van der Waals surface area contributed by atoms with Crippen LogP contribution in [0, 0.1) is 5.92 Å². The first kappa shape index (κ1) is 20.7. The molecule has 152 valence electrons. The first-order valence-corrected chi connectivity index (χ1v) is 10.7. The van der Waals surface area contributed by atoms with Crippen molar-refractivity contribution in [1.82, 2.24) is 20.3 Å². The Hall–Kier alpha value is -3.04. The smallest absolute Gasteiger partial charge is 0.245 e. The van der Waals surface area contributed by atoms with Gasteiger partial charge in [-0.25, -0.2) is 18.2 Å². The van der Waals surface area contributed by atoms with Crippen LogP contribution in [0.4, 0.5) is 0 Å². The highest BCUT2D eigenvalue weighted by molar-refractivity contribution is 7.89. The van der Waals surface area contributed by atoms with Gasteiger partial charge in [0.05, 0.1) is 11.1 Å². The SMILES string of the molecule is CC(C)[C@H](C(=O)NCc1ccccc1)n1cc(-c2ccc(S(N)(=O)=O)cc2)nn1. The van der Waals surface area contributed by atoms with E-state index in [1.54, 1.807) is 18.3 Å². The second-order valence-corrected chi connectivity index (χ2v) is 8.61. The lowest BCUT2D eigenvalue weighted by atomic mass is 10.0. The van der Waals surface area contributed by atoms with Crippen LogP contribution in [0.3, 0.4) is 0 Å². The summed E-state index contributed by atoms with van der Waals surface area (Å²) in [4.78, 5) is 12.8. The lowest BCUT2D eigenvalue weighted by Crippen LogP contribution is -2.35. The Morgan fingerprint density at radius 2 is 1.76 bits per heavy atom. The second kappa shape index (κ2) is 8.54. The zero-order chi connectivity index (χ0) is 21.0. The number of benzene rings is 2. The van der Waals surface area contributed by atoms with Gasteiger partial charge in [-0.05, 0) is 23.6 Å². The number of carbonyl (C=O) groups is 1. The minimum atomic E-state index is -3.76. The Morgan fingerprint density at radius 3 is 2.34 bits per heavy atom. The molecule has 0 bridgehead atoms. The third-order valence-electron chi connectivity index (χ3n) is 4.48. The zero-order valence-electron chi connectivity index (χ0n) is 16.2. The summed E-state index contributed by atoms with van der Waals surface area (Å²) in [6, 6.07) is 15.2. The van der Waals surface area contributed by atoms with Gasteiger partial charge < -0.3 is 5.32 Å². The summed E-state index contributed by atoms with van der Waals surface area (Å²) in [5, 5.41) is 16.3. The minimum Gasteiger partial charge on any atom is -0.350 e. The van der Waals surface area contributed by atoms with Crippen molar-refractivity contribution in [3.05, 3.63) is 66.4 Å². The number of aromatic nitrogens is 3. The Bertz CT molecular complexity index is 1080. The number of hydrogen-bond donors (Lipinski definition) is 2. The van der Waals surface area contributed by atoms with Crippen molar-refractivity contribution in [2.75, 3.05) is 0 Å². The van der Waals surface area contributed by atoms with Crippen molar-refractivity contribution in [1.29, 1.82) is 0 Å². The molecular formula is C20H23N5O3S. The molecule has 1 atom stereocenters. The number of nitrogens with one attached hydrogen (secondary N) is 1. The van der Waals surface area contributed by atoms with Crippen LogP contribution in [0.15, 0.2) is 65.7 Å². The fourth-order valence-electron chi connectivity index (χ4n) is 2.98. The van der Waals surface area contributed by atoms with Crippen molar-refractivity contribution in [3.8, 4) is 11.3 Å². The van der Waals surface area contributed by atoms with Gasteiger partial charge in [-0.1, -0.05) is 61.5 Å². The Labute approximate surface area is 169 Å². The van der Waals surface area contributed by atoms with E-state index in [9.17, 15) is 13.2 Å². The highest BCUT2D eigenvalue weighted by atomic mass is 32.2. The van der Waals surface area contributed by atoms with E-state index in [1.165, 1.54) is 16.8 Å². The molecule has 9 heteroatoms. The second-order valence-electron chi connectivity index (χ2n) is 7.05. The molecule has 0 aliphatic heterocycles. The normalized spacial score (nSPS) is 12.7. The molecule has 29 heavy (non-hydrogen) atoms. The molecule has 3 aromatic rings. The van der Waals surface area contributed by atoms with Gasteiger partial charge in [0.1, 0.15) is 11.7 Å². The molecule has 2 aromatic carbocycles. The predicted octanol–water partition coefficient (Wildman–Crippen LogP) is 2.11. The quantitative estimate of drug-likeness (QED) is 0.615. The van der Waals surface area contributed by atoms with Crippen LogP contribution in [-0.2, 0) is 21.4 Å². The number of primary sulfonamides is 1. The Morgan fingerprint density at radius 1 is 1.10 bits per heavy atom. The molecule has 3 N–H and O–H groups in total. The van der Waals surface area contributed by atoms with Gasteiger partial charge in [0.25, 0.3) is 0 Å². The monoisotopic (exact) mass is 413 g/mol. The van der Waals surface area contributed by atoms with Gasteiger partial charge >= 0.3 is 0 Å². The van der Waals surface area contributed by atoms with Crippen LogP contribution in [0.25, 0.3) is 11.3 Å². The summed E-state index contributed by atoms with van der Waals surface area (Å²) in [5.74, 6) is -0.157. The highest BCUT2D eigenvalue weighted by Gasteiger charge is 2.25. The molecule has 0 saturated carbocycles. The van der Waals surface area contributed by atoms with Crippen molar-refractivity contribution < 1.29 is 13.2 Å². The first-order chi connectivity index (χ1) is 13.8. The highest BCUT2D eigenvalue weighted by Crippen LogP contribution is 2.22. The van der Waals surface area contributed by atoms with Gasteiger partial charge in [0.15, 0.2) is 0 Å². The van der Waals surface area contributed by atoms with E-state index in [4.69, 9.17) is 5.14 Å². The topological polar surface area (TPSA) is 120 Å². The fourth-order valence-corrected chi connectivity index (χ4v) is 3.49. The van der Waals surface area contributed by atoms with Crippen LogP contribution < -0.4 is 10.5 Å². The van der Waals surface area contributed by atoms with Crippen LogP contribution in [-0.4, -0.2) is 29.3 Å². The van der Waals surface area contributed by atoms with Crippen molar-refractivity contribution in [3.63, 3.8) is 0 Å². The van der Waals surface area contributed by atoms with E-state index in [0.29, 0.717) is 17.8 Å². The van der Waals surface area contributed by atoms with Crippen molar-refractivity contribution in [2.24, 2.45) is 11.1 Å². The molecular weight excluding hydrogens is 390 g/mol. The van der Waals surface area contributed by atoms with E-state index in [2.05, 4.69) is 15.6 Å². The van der Waals surface area contributed by atoms with Crippen LogP contribution in [0.1, 0.15) is 25.5 Å². The maximum Gasteiger partial charge on any atom is 0.245 e. The summed E-state index contributed by atoms with van der Waals surface area (Å²) < 4.78 is 24.3. The van der Waals surface area contributed by atoms with Gasteiger partial charge in [0.2, 0.25) is 15.9 Å². The van der Waals surface area contributed by atoms with Crippen LogP contribution >= 0.6 is 0 Å². The lowest BCUT2D eigenvalue weighted by molar-refractivity contribution is -0.126. The summed E-state index contributed by atoms with van der Waals surface area (Å²) in [7, 11) is -3.76. The average molecular weight is 414 g/mol. The molecule has 0 aliphatic carbocycles. The number of nitrogens with two attached hydrogens (primary N) is 1. The molecule has 1 amide bonds. The number of amides is 1. The van der Waals surface area contributed by atoms with Crippen LogP contribution in [0.2, 0.25) is 0 Å². The summed E-state index contributed by atoms with van der Waals surface area (Å²) in [6.07, 6.45) is 1.68. The maximum atomic E-state index is 12.8. The number of hydrogen-bond acceptors (Lipinski definition) is 5. The molecule has 3 rings (SSSR count). The summed E-state index contributed by atoms with van der Waals surface area (Å²) in [6.45, 7) is 4.31. The summed E-state index contributed by atoms with van der Waals surface area (Å²) >= 11 is 0.